The van der Waals surface area contributed by atoms with Crippen LogP contribution in [0.4, 0.5) is 10.5 Å². The molecule has 1 fully saturated rings. The number of carbonyl (C=O) groups is 4. The van der Waals surface area contributed by atoms with Gasteiger partial charge in [0.25, 0.3) is 5.56 Å². The fourth-order valence-electron chi connectivity index (χ4n) is 7.57. The smallest absolute Gasteiger partial charge is 0.412 e. The largest absolute Gasteiger partial charge is 0.463 e. The van der Waals surface area contributed by atoms with E-state index in [0.717, 1.165) is 48.8 Å². The van der Waals surface area contributed by atoms with Gasteiger partial charge in [0.15, 0.2) is 0 Å². The molecule has 0 aliphatic heterocycles. The molecule has 11 nitrogen and oxygen atoms in total. The highest BCUT2D eigenvalue weighted by atomic mass is 16.6. The summed E-state index contributed by atoms with van der Waals surface area (Å²) in [5.74, 6) is -1.12. The Morgan fingerprint density at radius 1 is 0.810 bits per heavy atom. The Labute approximate surface area is 341 Å². The second-order valence-corrected chi connectivity index (χ2v) is 15.7. The van der Waals surface area contributed by atoms with E-state index in [4.69, 9.17) is 9.47 Å². The Morgan fingerprint density at radius 2 is 1.38 bits per heavy atom. The van der Waals surface area contributed by atoms with Gasteiger partial charge in [0.2, 0.25) is 11.8 Å². The van der Waals surface area contributed by atoms with Gasteiger partial charge in [-0.1, -0.05) is 129 Å². The summed E-state index contributed by atoms with van der Waals surface area (Å²) in [7, 11) is 0. The van der Waals surface area contributed by atoms with E-state index in [2.05, 4.69) is 16.0 Å². The van der Waals surface area contributed by atoms with Gasteiger partial charge in [-0.25, -0.2) is 9.59 Å². The number of pyridine rings is 1. The van der Waals surface area contributed by atoms with Crippen molar-refractivity contribution in [2.45, 2.75) is 102 Å². The molecule has 0 spiro atoms. The number of hydrogen-bond acceptors (Lipinski definition) is 7. The number of benzene rings is 3. The van der Waals surface area contributed by atoms with Crippen molar-refractivity contribution < 1.29 is 28.7 Å². The number of hydrogen-bond donors (Lipinski definition) is 3. The van der Waals surface area contributed by atoms with Crippen molar-refractivity contribution in [1.29, 1.82) is 0 Å². The van der Waals surface area contributed by atoms with Crippen LogP contribution in [0, 0.1) is 5.92 Å². The average molecular weight is 789 g/mol. The lowest BCUT2D eigenvalue weighted by atomic mass is 9.77. The molecule has 306 valence electrons. The summed E-state index contributed by atoms with van der Waals surface area (Å²) in [6, 6.07) is 30.7. The number of rotatable bonds is 16. The van der Waals surface area contributed by atoms with Crippen LogP contribution in [0.5, 0.6) is 0 Å². The fraction of sp³-hybridized carbons (Fsp3) is 0.383. The average Bonchev–Trinajstić information content (AvgIpc) is 3.21. The number of anilines is 1. The van der Waals surface area contributed by atoms with Gasteiger partial charge in [-0.3, -0.25) is 19.7 Å². The van der Waals surface area contributed by atoms with E-state index in [-0.39, 0.29) is 37.0 Å². The number of amides is 3. The van der Waals surface area contributed by atoms with Gasteiger partial charge in [0.1, 0.15) is 22.9 Å². The van der Waals surface area contributed by atoms with Crippen molar-refractivity contribution in [3.8, 4) is 0 Å². The Kier molecular flexibility index (Phi) is 15.2. The van der Waals surface area contributed by atoms with Gasteiger partial charge in [-0.2, -0.15) is 0 Å². The first kappa shape index (κ1) is 43.2. The van der Waals surface area contributed by atoms with E-state index in [9.17, 15) is 24.0 Å². The maximum absolute atomic E-state index is 14.5. The van der Waals surface area contributed by atoms with Crippen LogP contribution in [0.2, 0.25) is 0 Å². The van der Waals surface area contributed by atoms with Crippen LogP contribution in [0.3, 0.4) is 0 Å². The third kappa shape index (κ3) is 11.8. The highest BCUT2D eigenvalue weighted by molar-refractivity contribution is 5.85. The standard InChI is InChI=1S/C47H56N4O7/c1-5-57-42(53)31-29-38(28-30-41(52)50-47(35-21-12-7-13-22-35,36-23-14-8-15-24-36)37-25-16-9-17-26-37)48-43(54)40(33-34-19-10-6-11-20-34)51-32-18-27-39(44(51)55)49-45(56)58-46(2,3)4/h7-9,12-18,21-27,29,31-32,34,38,40H,5-6,10-11,19-20,28,30,33H2,1-4H3,(H,48,54)(H,49,56)(H,50,52)/b31-29+/t38-,40-/m0/s1. The number of ether oxygens (including phenoxy) is 2. The number of nitrogens with one attached hydrogen (secondary N) is 3. The maximum atomic E-state index is 14.5. The first-order valence-corrected chi connectivity index (χ1v) is 20.2. The fourth-order valence-corrected chi connectivity index (χ4v) is 7.57. The molecule has 1 aromatic heterocycles. The first-order valence-electron chi connectivity index (χ1n) is 20.2. The molecule has 3 aromatic carbocycles. The Balaban J connectivity index is 1.44. The summed E-state index contributed by atoms with van der Waals surface area (Å²) in [5.41, 5.74) is 0.210. The minimum Gasteiger partial charge on any atom is -0.463 e. The molecular weight excluding hydrogens is 733 g/mol. The summed E-state index contributed by atoms with van der Waals surface area (Å²) in [5, 5.41) is 8.95. The lowest BCUT2D eigenvalue weighted by molar-refractivity contribution is -0.137. The predicted molar refractivity (Wildman–Crippen MR) is 225 cm³/mol. The third-order valence-electron chi connectivity index (χ3n) is 10.2. The van der Waals surface area contributed by atoms with Crippen molar-refractivity contribution in [3.05, 3.63) is 149 Å². The Hall–Kier alpha value is -5.97. The van der Waals surface area contributed by atoms with Gasteiger partial charge in [-0.05, 0) is 75.3 Å². The van der Waals surface area contributed by atoms with E-state index >= 15 is 0 Å². The monoisotopic (exact) mass is 788 g/mol. The molecule has 1 heterocycles. The predicted octanol–water partition coefficient (Wildman–Crippen LogP) is 8.20. The first-order chi connectivity index (χ1) is 27.9. The highest BCUT2D eigenvalue weighted by Crippen LogP contribution is 2.37. The normalized spacial score (nSPS) is 14.6. The lowest BCUT2D eigenvalue weighted by Crippen LogP contribution is -2.48. The molecule has 1 aliphatic carbocycles. The van der Waals surface area contributed by atoms with Crippen LogP contribution < -0.4 is 21.5 Å². The van der Waals surface area contributed by atoms with Crippen LogP contribution in [-0.4, -0.2) is 46.7 Å². The van der Waals surface area contributed by atoms with E-state index in [0.29, 0.717) is 6.42 Å². The minimum absolute atomic E-state index is 0.0190. The topological polar surface area (TPSA) is 145 Å². The summed E-state index contributed by atoms with van der Waals surface area (Å²) < 4.78 is 11.9. The SMILES string of the molecule is CCOC(=O)/C=C/[C@H](CCC(=O)NC(c1ccccc1)(c1ccccc1)c1ccccc1)NC(=O)[C@H](CC1CCCCC1)n1cccc(NC(=O)OC(C)(C)C)c1=O. The minimum atomic E-state index is -1.04. The van der Waals surface area contributed by atoms with Gasteiger partial charge >= 0.3 is 12.1 Å². The number of carbonyl (C=O) groups excluding carboxylic acids is 4. The van der Waals surface area contributed by atoms with Crippen LogP contribution >= 0.6 is 0 Å². The van der Waals surface area contributed by atoms with Crippen molar-refractivity contribution in [2.75, 3.05) is 11.9 Å². The lowest BCUT2D eigenvalue weighted by Gasteiger charge is -2.37. The molecule has 0 unspecified atom stereocenters. The van der Waals surface area contributed by atoms with E-state index in [1.165, 1.54) is 22.8 Å². The molecule has 5 rings (SSSR count). The summed E-state index contributed by atoms with van der Waals surface area (Å²) in [6.07, 6.45) is 9.08. The van der Waals surface area contributed by atoms with Crippen molar-refractivity contribution in [3.63, 3.8) is 0 Å². The molecule has 0 bridgehead atoms. The second-order valence-electron chi connectivity index (χ2n) is 15.7. The molecule has 2 atom stereocenters. The van der Waals surface area contributed by atoms with Crippen LogP contribution in [0.1, 0.15) is 102 Å². The Bertz CT molecular complexity index is 1960. The molecule has 58 heavy (non-hydrogen) atoms. The molecule has 0 saturated heterocycles. The molecule has 4 aromatic rings. The quantitative estimate of drug-likeness (QED) is 0.0590. The zero-order valence-corrected chi connectivity index (χ0v) is 33.9. The van der Waals surface area contributed by atoms with Gasteiger partial charge in [0, 0.05) is 24.7 Å². The van der Waals surface area contributed by atoms with Crippen LogP contribution in [0.25, 0.3) is 0 Å². The second kappa shape index (κ2) is 20.5. The van der Waals surface area contributed by atoms with Gasteiger partial charge < -0.3 is 24.7 Å². The van der Waals surface area contributed by atoms with E-state index in [1.54, 1.807) is 40.0 Å². The molecule has 1 saturated carbocycles. The van der Waals surface area contributed by atoms with E-state index < -0.39 is 46.8 Å². The summed E-state index contributed by atoms with van der Waals surface area (Å²) in [6.45, 7) is 7.05. The zero-order chi connectivity index (χ0) is 41.5. The Morgan fingerprint density at radius 3 is 1.91 bits per heavy atom. The van der Waals surface area contributed by atoms with Crippen molar-refractivity contribution >= 4 is 29.6 Å². The summed E-state index contributed by atoms with van der Waals surface area (Å²) in [4.78, 5) is 67.8. The number of esters is 1. The highest BCUT2D eigenvalue weighted by Gasteiger charge is 2.38. The third-order valence-corrected chi connectivity index (χ3v) is 10.2. The molecular formula is C47H56N4O7. The zero-order valence-electron chi connectivity index (χ0n) is 33.9. The maximum Gasteiger partial charge on any atom is 0.412 e. The summed E-state index contributed by atoms with van der Waals surface area (Å²) >= 11 is 0. The van der Waals surface area contributed by atoms with Crippen molar-refractivity contribution in [2.24, 2.45) is 5.92 Å². The molecule has 11 heteroatoms. The molecule has 0 radical (unpaired) electrons. The van der Waals surface area contributed by atoms with Gasteiger partial charge in [-0.15, -0.1) is 0 Å². The van der Waals surface area contributed by atoms with Crippen LogP contribution in [0.15, 0.2) is 126 Å². The van der Waals surface area contributed by atoms with Crippen molar-refractivity contribution in [1.82, 2.24) is 15.2 Å². The number of aromatic nitrogens is 1. The number of nitrogens with zero attached hydrogens (tertiary/aromatic N) is 1. The van der Waals surface area contributed by atoms with E-state index in [1.807, 2.05) is 91.0 Å². The van der Waals surface area contributed by atoms with Crippen LogP contribution in [-0.2, 0) is 29.4 Å². The van der Waals surface area contributed by atoms with Gasteiger partial charge in [0.05, 0.1) is 6.61 Å². The molecule has 1 aliphatic rings. The molecule has 3 N–H and O–H groups in total. The molecule has 3 amide bonds.